The number of nitrogens with zero attached hydrogens (tertiary/aromatic N) is 1. The SMILES string of the molecule is CC(C)(C)C1CCc2c(sc(NC(=S)NC(=O)c3cccc4ccccc34)c2C#N)C1. The summed E-state index contributed by atoms with van der Waals surface area (Å²) in [7, 11) is 0. The molecule has 4 nitrogen and oxygen atoms in total. The van der Waals surface area contributed by atoms with Crippen LogP contribution in [0.2, 0.25) is 0 Å². The zero-order valence-corrected chi connectivity index (χ0v) is 19.5. The molecule has 1 aliphatic carbocycles. The topological polar surface area (TPSA) is 64.9 Å². The summed E-state index contributed by atoms with van der Waals surface area (Å²) in [6.45, 7) is 6.83. The molecule has 4 rings (SSSR count). The molecule has 1 unspecified atom stereocenters. The molecule has 1 aliphatic rings. The Kier molecular flexibility index (Phi) is 5.83. The minimum Gasteiger partial charge on any atom is -0.323 e. The zero-order valence-electron chi connectivity index (χ0n) is 17.9. The van der Waals surface area contributed by atoms with Crippen molar-refractivity contribution in [2.45, 2.75) is 40.0 Å². The molecular weight excluding hydrogens is 422 g/mol. The number of hydrogen-bond donors (Lipinski definition) is 2. The number of thiophene rings is 1. The Morgan fingerprint density at radius 1 is 1.19 bits per heavy atom. The molecule has 6 heteroatoms. The second-order valence-corrected chi connectivity index (χ2v) is 10.6. The fourth-order valence-corrected chi connectivity index (χ4v) is 5.80. The van der Waals surface area contributed by atoms with Crippen LogP contribution in [0.15, 0.2) is 42.5 Å². The van der Waals surface area contributed by atoms with Gasteiger partial charge in [-0.25, -0.2) is 0 Å². The van der Waals surface area contributed by atoms with Crippen molar-refractivity contribution in [1.82, 2.24) is 5.32 Å². The van der Waals surface area contributed by atoms with Crippen LogP contribution in [0.1, 0.15) is 53.6 Å². The number of nitriles is 1. The van der Waals surface area contributed by atoms with Crippen molar-refractivity contribution in [3.63, 3.8) is 0 Å². The Morgan fingerprint density at radius 2 is 1.94 bits per heavy atom. The minimum absolute atomic E-state index is 0.209. The lowest BCUT2D eigenvalue weighted by Crippen LogP contribution is -2.34. The number of carbonyl (C=O) groups excluding carboxylic acids is 1. The number of thiocarbonyl (C=S) groups is 1. The van der Waals surface area contributed by atoms with E-state index in [0.29, 0.717) is 17.0 Å². The van der Waals surface area contributed by atoms with E-state index >= 15 is 0 Å². The second kappa shape index (κ2) is 8.41. The molecule has 31 heavy (non-hydrogen) atoms. The summed E-state index contributed by atoms with van der Waals surface area (Å²) < 4.78 is 0. The normalized spacial score (nSPS) is 15.7. The van der Waals surface area contributed by atoms with Gasteiger partial charge in [0.25, 0.3) is 5.91 Å². The maximum Gasteiger partial charge on any atom is 0.258 e. The van der Waals surface area contributed by atoms with Gasteiger partial charge < -0.3 is 5.32 Å². The predicted molar refractivity (Wildman–Crippen MR) is 132 cm³/mol. The van der Waals surface area contributed by atoms with Gasteiger partial charge in [-0.05, 0) is 65.2 Å². The Balaban J connectivity index is 1.52. The van der Waals surface area contributed by atoms with Gasteiger partial charge in [0.05, 0.1) is 5.56 Å². The summed E-state index contributed by atoms with van der Waals surface area (Å²) in [4.78, 5) is 14.1. The molecule has 0 fully saturated rings. The van der Waals surface area contributed by atoms with Gasteiger partial charge >= 0.3 is 0 Å². The number of fused-ring (bicyclic) bond motifs is 2. The average Bonchev–Trinajstić information content (AvgIpc) is 3.08. The Bertz CT molecular complexity index is 1210. The van der Waals surface area contributed by atoms with E-state index in [1.165, 1.54) is 4.88 Å². The number of amides is 1. The van der Waals surface area contributed by atoms with Crippen molar-refractivity contribution in [3.05, 3.63) is 64.0 Å². The third kappa shape index (κ3) is 4.34. The van der Waals surface area contributed by atoms with Crippen LogP contribution in [0, 0.1) is 22.7 Å². The van der Waals surface area contributed by atoms with Crippen LogP contribution in [0.5, 0.6) is 0 Å². The molecule has 0 aliphatic heterocycles. The molecular formula is C25H25N3OS2. The molecule has 0 spiro atoms. The highest BCUT2D eigenvalue weighted by atomic mass is 32.1. The molecule has 0 bridgehead atoms. The van der Waals surface area contributed by atoms with E-state index < -0.39 is 0 Å². The van der Waals surface area contributed by atoms with Crippen LogP contribution < -0.4 is 10.6 Å². The number of rotatable bonds is 2. The molecule has 158 valence electrons. The fraction of sp³-hybridized carbons (Fsp3) is 0.320. The first kappa shape index (κ1) is 21.5. The molecule has 1 amide bonds. The first-order valence-electron chi connectivity index (χ1n) is 10.4. The minimum atomic E-state index is -0.262. The highest BCUT2D eigenvalue weighted by Gasteiger charge is 2.32. The van der Waals surface area contributed by atoms with E-state index in [9.17, 15) is 10.1 Å². The van der Waals surface area contributed by atoms with Crippen molar-refractivity contribution in [2.24, 2.45) is 11.3 Å². The number of nitrogens with one attached hydrogen (secondary N) is 2. The van der Waals surface area contributed by atoms with Crippen LogP contribution in [-0.2, 0) is 12.8 Å². The predicted octanol–water partition coefficient (Wildman–Crippen LogP) is 6.05. The van der Waals surface area contributed by atoms with Gasteiger partial charge in [0.15, 0.2) is 5.11 Å². The molecule has 3 aromatic rings. The molecule has 1 heterocycles. The van der Waals surface area contributed by atoms with Gasteiger partial charge in [-0.3, -0.25) is 10.1 Å². The van der Waals surface area contributed by atoms with Crippen molar-refractivity contribution in [3.8, 4) is 6.07 Å². The summed E-state index contributed by atoms with van der Waals surface area (Å²) >= 11 is 7.01. The largest absolute Gasteiger partial charge is 0.323 e. The van der Waals surface area contributed by atoms with Gasteiger partial charge in [-0.15, -0.1) is 11.3 Å². The van der Waals surface area contributed by atoms with Crippen LogP contribution in [0.3, 0.4) is 0 Å². The third-order valence-electron chi connectivity index (χ3n) is 6.09. The van der Waals surface area contributed by atoms with Crippen molar-refractivity contribution in [2.75, 3.05) is 5.32 Å². The van der Waals surface area contributed by atoms with Crippen molar-refractivity contribution < 1.29 is 4.79 Å². The number of anilines is 1. The van der Waals surface area contributed by atoms with Gasteiger partial charge in [-0.1, -0.05) is 57.2 Å². The van der Waals surface area contributed by atoms with E-state index in [4.69, 9.17) is 12.2 Å². The van der Waals surface area contributed by atoms with E-state index in [1.807, 2.05) is 36.4 Å². The van der Waals surface area contributed by atoms with Crippen LogP contribution >= 0.6 is 23.6 Å². The van der Waals surface area contributed by atoms with Crippen molar-refractivity contribution >= 4 is 50.3 Å². The van der Waals surface area contributed by atoms with Gasteiger partial charge in [0.1, 0.15) is 11.1 Å². The summed E-state index contributed by atoms with van der Waals surface area (Å²) in [6.07, 6.45) is 2.98. The number of hydrogen-bond acceptors (Lipinski definition) is 4. The Hall–Kier alpha value is -2.75. The van der Waals surface area contributed by atoms with Crippen LogP contribution in [0.25, 0.3) is 10.8 Å². The zero-order chi connectivity index (χ0) is 22.2. The van der Waals surface area contributed by atoms with E-state index in [0.717, 1.165) is 40.6 Å². The maximum absolute atomic E-state index is 12.9. The Morgan fingerprint density at radius 3 is 2.68 bits per heavy atom. The molecule has 2 N–H and O–H groups in total. The lowest BCUT2D eigenvalue weighted by Gasteiger charge is -2.33. The van der Waals surface area contributed by atoms with Gasteiger partial charge in [0.2, 0.25) is 0 Å². The van der Waals surface area contributed by atoms with E-state index in [-0.39, 0.29) is 16.4 Å². The second-order valence-electron chi connectivity index (χ2n) is 9.06. The highest BCUT2D eigenvalue weighted by Crippen LogP contribution is 2.43. The molecule has 1 atom stereocenters. The first-order chi connectivity index (χ1) is 14.8. The lowest BCUT2D eigenvalue weighted by atomic mass is 9.72. The standard InChI is InChI=1S/C25H25N3OS2/c1-25(2,3)16-11-12-18-20(14-26)23(31-21(18)13-16)28-24(30)27-22(29)19-10-6-8-15-7-4-5-9-17(15)19/h4-10,16H,11-13H2,1-3H3,(H2,27,28,29,30). The first-order valence-corrected chi connectivity index (χ1v) is 11.6. The summed E-state index contributed by atoms with van der Waals surface area (Å²) in [5.74, 6) is 0.331. The van der Waals surface area contributed by atoms with E-state index in [1.54, 1.807) is 17.4 Å². The van der Waals surface area contributed by atoms with E-state index in [2.05, 4.69) is 37.5 Å². The monoisotopic (exact) mass is 447 g/mol. The fourth-order valence-electron chi connectivity index (χ4n) is 4.26. The quantitative estimate of drug-likeness (QED) is 0.469. The van der Waals surface area contributed by atoms with Gasteiger partial charge in [0, 0.05) is 10.4 Å². The summed E-state index contributed by atoms with van der Waals surface area (Å²) in [6, 6.07) is 15.7. The summed E-state index contributed by atoms with van der Waals surface area (Å²) in [5, 5.41) is 18.5. The Labute approximate surface area is 192 Å². The number of carbonyl (C=O) groups is 1. The molecule has 0 saturated carbocycles. The lowest BCUT2D eigenvalue weighted by molar-refractivity contribution is 0.0979. The average molecular weight is 448 g/mol. The smallest absolute Gasteiger partial charge is 0.258 e. The maximum atomic E-state index is 12.9. The van der Waals surface area contributed by atoms with Crippen LogP contribution in [-0.4, -0.2) is 11.0 Å². The highest BCUT2D eigenvalue weighted by molar-refractivity contribution is 7.80. The molecule has 0 saturated heterocycles. The number of benzene rings is 2. The molecule has 0 radical (unpaired) electrons. The third-order valence-corrected chi connectivity index (χ3v) is 7.46. The van der Waals surface area contributed by atoms with Crippen molar-refractivity contribution in [1.29, 1.82) is 5.26 Å². The van der Waals surface area contributed by atoms with Gasteiger partial charge in [-0.2, -0.15) is 5.26 Å². The molecule has 1 aromatic heterocycles. The summed E-state index contributed by atoms with van der Waals surface area (Å²) in [5.41, 5.74) is 2.61. The van der Waals surface area contributed by atoms with Crippen LogP contribution in [0.4, 0.5) is 5.00 Å². The molecule has 2 aromatic carbocycles.